The summed E-state index contributed by atoms with van der Waals surface area (Å²) in [5.41, 5.74) is 6.00. The van der Waals surface area contributed by atoms with Crippen LogP contribution in [0, 0.1) is 5.92 Å². The number of sulfone groups is 1. The minimum Gasteiger partial charge on any atom is -0.396 e. The van der Waals surface area contributed by atoms with Gasteiger partial charge in [0.2, 0.25) is 0 Å². The highest BCUT2D eigenvalue weighted by molar-refractivity contribution is 7.92. The summed E-state index contributed by atoms with van der Waals surface area (Å²) in [7, 11) is -3.30. The van der Waals surface area contributed by atoms with Crippen LogP contribution in [0.1, 0.15) is 39.0 Å². The van der Waals surface area contributed by atoms with Crippen LogP contribution in [-0.4, -0.2) is 18.7 Å². The van der Waals surface area contributed by atoms with E-state index in [1.54, 1.807) is 0 Å². The van der Waals surface area contributed by atoms with Gasteiger partial charge < -0.3 is 5.73 Å². The largest absolute Gasteiger partial charge is 0.396 e. The molecule has 0 saturated heterocycles. The van der Waals surface area contributed by atoms with Gasteiger partial charge in [0.25, 0.3) is 0 Å². The van der Waals surface area contributed by atoms with Crippen LogP contribution in [0.3, 0.4) is 0 Å². The van der Waals surface area contributed by atoms with Gasteiger partial charge in [0.15, 0.2) is 9.84 Å². The number of anilines is 1. The van der Waals surface area contributed by atoms with Crippen LogP contribution in [0.4, 0.5) is 5.69 Å². The Kier molecular flexibility index (Phi) is 3.90. The Morgan fingerprint density at radius 2 is 2.22 bits per heavy atom. The summed E-state index contributed by atoms with van der Waals surface area (Å²) >= 11 is 0. The monoisotopic (exact) mass is 268 g/mol. The first-order valence-corrected chi connectivity index (χ1v) is 8.03. The van der Waals surface area contributed by atoms with Gasteiger partial charge >= 0.3 is 0 Å². The zero-order valence-electron chi connectivity index (χ0n) is 10.7. The summed E-state index contributed by atoms with van der Waals surface area (Å²) in [5.74, 6) is 0.529. The van der Waals surface area contributed by atoms with Crippen LogP contribution in [0.25, 0.3) is 0 Å². The highest BCUT2D eigenvalue weighted by atomic mass is 32.2. The van der Waals surface area contributed by atoms with Crippen molar-refractivity contribution in [2.45, 2.75) is 49.2 Å². The molecule has 1 aromatic heterocycles. The van der Waals surface area contributed by atoms with Crippen molar-refractivity contribution in [3.8, 4) is 0 Å². The zero-order chi connectivity index (χ0) is 13.2. The Bertz CT molecular complexity index is 513. The molecule has 0 radical (unpaired) electrons. The summed E-state index contributed by atoms with van der Waals surface area (Å²) in [6.07, 6.45) is 7.61. The van der Waals surface area contributed by atoms with Gasteiger partial charge in [-0.2, -0.15) is 0 Å². The molecule has 0 spiro atoms. The quantitative estimate of drug-likeness (QED) is 0.913. The second kappa shape index (κ2) is 5.26. The molecule has 2 atom stereocenters. The van der Waals surface area contributed by atoms with E-state index < -0.39 is 9.84 Å². The van der Waals surface area contributed by atoms with Crippen molar-refractivity contribution in [3.63, 3.8) is 0 Å². The third-order valence-electron chi connectivity index (χ3n) is 3.87. The predicted molar refractivity (Wildman–Crippen MR) is 71.9 cm³/mol. The van der Waals surface area contributed by atoms with E-state index in [1.807, 2.05) is 0 Å². The van der Waals surface area contributed by atoms with Gasteiger partial charge in [-0.05, 0) is 24.8 Å². The lowest BCUT2D eigenvalue weighted by Gasteiger charge is -2.28. The van der Waals surface area contributed by atoms with E-state index in [9.17, 15) is 8.42 Å². The molecule has 2 unspecified atom stereocenters. The van der Waals surface area contributed by atoms with Crippen molar-refractivity contribution < 1.29 is 8.42 Å². The Morgan fingerprint density at radius 1 is 1.44 bits per heavy atom. The molecule has 2 rings (SSSR count). The fourth-order valence-electron chi connectivity index (χ4n) is 2.73. The molecule has 0 aliphatic heterocycles. The number of aromatic nitrogens is 1. The first-order chi connectivity index (χ1) is 8.55. The van der Waals surface area contributed by atoms with Gasteiger partial charge in [0.1, 0.15) is 0 Å². The number of rotatable bonds is 3. The van der Waals surface area contributed by atoms with E-state index in [1.165, 1.54) is 18.5 Å². The Labute approximate surface area is 109 Å². The molecule has 4 nitrogen and oxygen atoms in total. The van der Waals surface area contributed by atoms with E-state index in [4.69, 9.17) is 5.73 Å². The van der Waals surface area contributed by atoms with Crippen LogP contribution in [0.2, 0.25) is 0 Å². The third kappa shape index (κ3) is 2.51. The lowest BCUT2D eigenvalue weighted by Crippen LogP contribution is -2.28. The van der Waals surface area contributed by atoms with Gasteiger partial charge in [0, 0.05) is 6.20 Å². The van der Waals surface area contributed by atoms with Crippen LogP contribution < -0.4 is 5.73 Å². The van der Waals surface area contributed by atoms with E-state index in [0.717, 1.165) is 32.1 Å². The van der Waals surface area contributed by atoms with E-state index >= 15 is 0 Å². The maximum atomic E-state index is 12.6. The lowest BCUT2D eigenvalue weighted by molar-refractivity contribution is 0.348. The first-order valence-electron chi connectivity index (χ1n) is 6.49. The van der Waals surface area contributed by atoms with Crippen molar-refractivity contribution >= 4 is 15.5 Å². The van der Waals surface area contributed by atoms with Gasteiger partial charge in [-0.3, -0.25) is 4.98 Å². The van der Waals surface area contributed by atoms with Gasteiger partial charge in [-0.25, -0.2) is 8.42 Å². The highest BCUT2D eigenvalue weighted by Gasteiger charge is 2.33. The minimum atomic E-state index is -3.30. The summed E-state index contributed by atoms with van der Waals surface area (Å²) in [4.78, 5) is 4.09. The fraction of sp³-hybridized carbons (Fsp3) is 0.615. The highest BCUT2D eigenvalue weighted by Crippen LogP contribution is 2.34. The van der Waals surface area contributed by atoms with Crippen molar-refractivity contribution in [2.75, 3.05) is 5.73 Å². The maximum Gasteiger partial charge on any atom is 0.183 e. The average molecular weight is 268 g/mol. The normalized spacial score (nSPS) is 24.9. The predicted octanol–water partition coefficient (Wildman–Crippen LogP) is 2.41. The molecule has 1 fully saturated rings. The molecule has 1 aliphatic rings. The number of pyridine rings is 1. The first kappa shape index (κ1) is 13.3. The van der Waals surface area contributed by atoms with Gasteiger partial charge in [-0.1, -0.05) is 26.2 Å². The molecule has 0 amide bonds. The van der Waals surface area contributed by atoms with Crippen molar-refractivity contribution in [1.29, 1.82) is 0 Å². The molecule has 0 aromatic carbocycles. The smallest absolute Gasteiger partial charge is 0.183 e. The average Bonchev–Trinajstić information content (AvgIpc) is 2.39. The fourth-order valence-corrected chi connectivity index (χ4v) is 4.72. The molecule has 100 valence electrons. The van der Waals surface area contributed by atoms with Crippen molar-refractivity contribution in [1.82, 2.24) is 4.98 Å². The van der Waals surface area contributed by atoms with E-state index in [-0.39, 0.29) is 15.8 Å². The molecular formula is C13H20N2O2S. The maximum absolute atomic E-state index is 12.6. The Morgan fingerprint density at radius 3 is 2.89 bits per heavy atom. The van der Waals surface area contributed by atoms with Crippen LogP contribution in [0.15, 0.2) is 23.4 Å². The number of nitrogens with zero attached hydrogens (tertiary/aromatic N) is 1. The number of nitrogens with two attached hydrogens (primary N) is 1. The molecule has 1 aromatic rings. The SMILES string of the molecule is CCC1CCCC(S(=O)(=O)c2ccncc2N)C1. The Hall–Kier alpha value is -1.10. The molecular weight excluding hydrogens is 248 g/mol. The zero-order valence-corrected chi connectivity index (χ0v) is 11.5. The molecule has 2 N–H and O–H groups in total. The number of hydrogen-bond acceptors (Lipinski definition) is 4. The molecule has 1 saturated carbocycles. The lowest BCUT2D eigenvalue weighted by atomic mass is 9.87. The summed E-state index contributed by atoms with van der Waals surface area (Å²) in [6, 6.07) is 1.51. The number of nitrogen functional groups attached to an aromatic ring is 1. The van der Waals surface area contributed by atoms with Crippen molar-refractivity contribution in [2.24, 2.45) is 5.92 Å². The minimum absolute atomic E-state index is 0.249. The van der Waals surface area contributed by atoms with E-state index in [0.29, 0.717) is 5.92 Å². The summed E-state index contributed by atoms with van der Waals surface area (Å²) in [6.45, 7) is 2.13. The van der Waals surface area contributed by atoms with Gasteiger partial charge in [0.05, 0.1) is 22.0 Å². The van der Waals surface area contributed by atoms with Crippen LogP contribution >= 0.6 is 0 Å². The molecule has 18 heavy (non-hydrogen) atoms. The second-order valence-electron chi connectivity index (χ2n) is 5.02. The molecule has 0 bridgehead atoms. The van der Waals surface area contributed by atoms with Crippen LogP contribution in [0.5, 0.6) is 0 Å². The third-order valence-corrected chi connectivity index (χ3v) is 6.16. The molecule has 5 heteroatoms. The standard InChI is InChI=1S/C13H20N2O2S/c1-2-10-4-3-5-11(8-10)18(16,17)13-6-7-15-9-12(13)14/h6-7,9-11H,2-5,8,14H2,1H3. The Balaban J connectivity index is 2.29. The summed E-state index contributed by atoms with van der Waals surface area (Å²) < 4.78 is 25.1. The molecule has 1 aliphatic carbocycles. The van der Waals surface area contributed by atoms with Gasteiger partial charge in [-0.15, -0.1) is 0 Å². The number of hydrogen-bond donors (Lipinski definition) is 1. The molecule has 1 heterocycles. The topological polar surface area (TPSA) is 73.0 Å². The van der Waals surface area contributed by atoms with E-state index in [2.05, 4.69) is 11.9 Å². The van der Waals surface area contributed by atoms with Crippen molar-refractivity contribution in [3.05, 3.63) is 18.5 Å². The van der Waals surface area contributed by atoms with Crippen LogP contribution in [-0.2, 0) is 9.84 Å². The second-order valence-corrected chi connectivity index (χ2v) is 7.22. The summed E-state index contributed by atoms with van der Waals surface area (Å²) in [5, 5.41) is -0.277.